The highest BCUT2D eigenvalue weighted by molar-refractivity contribution is 5.94. The van der Waals surface area contributed by atoms with Crippen molar-refractivity contribution in [2.24, 2.45) is 5.73 Å². The summed E-state index contributed by atoms with van der Waals surface area (Å²) < 4.78 is 26.9. The number of halogens is 2. The highest BCUT2D eigenvalue weighted by Crippen LogP contribution is 2.18. The molecule has 0 aliphatic carbocycles. The molecule has 1 aliphatic rings. The van der Waals surface area contributed by atoms with Gasteiger partial charge >= 0.3 is 0 Å². The predicted octanol–water partition coefficient (Wildman–Crippen LogP) is 1.45. The Morgan fingerprint density at radius 3 is 2.71 bits per heavy atom. The van der Waals surface area contributed by atoms with E-state index in [2.05, 4.69) is 0 Å². The van der Waals surface area contributed by atoms with Crippen LogP contribution in [-0.2, 0) is 0 Å². The largest absolute Gasteiger partial charge is 0.337 e. The molecule has 0 aromatic heterocycles. The lowest BCUT2D eigenvalue weighted by atomic mass is 10.1. The second-order valence-corrected chi connectivity index (χ2v) is 4.38. The Morgan fingerprint density at radius 1 is 1.41 bits per heavy atom. The van der Waals surface area contributed by atoms with Gasteiger partial charge in [-0.15, -0.1) is 0 Å². The number of carbonyl (C=O) groups is 1. The number of hydrogen-bond acceptors (Lipinski definition) is 2. The quantitative estimate of drug-likeness (QED) is 0.807. The zero-order valence-corrected chi connectivity index (χ0v) is 9.54. The SMILES string of the molecule is Cc1cc(F)c(C(=O)N2CC[C@@H](N)C2)cc1F. The molecule has 2 N–H and O–H groups in total. The monoisotopic (exact) mass is 240 g/mol. The first-order chi connectivity index (χ1) is 7.99. The Labute approximate surface area is 98.2 Å². The minimum absolute atomic E-state index is 0.0719. The number of aryl methyl sites for hydroxylation is 1. The van der Waals surface area contributed by atoms with Crippen molar-refractivity contribution in [3.8, 4) is 0 Å². The van der Waals surface area contributed by atoms with Gasteiger partial charge in [0.2, 0.25) is 0 Å². The molecule has 1 heterocycles. The van der Waals surface area contributed by atoms with Gasteiger partial charge in [-0.2, -0.15) is 0 Å². The third kappa shape index (κ3) is 2.29. The lowest BCUT2D eigenvalue weighted by Gasteiger charge is -2.16. The van der Waals surface area contributed by atoms with E-state index in [-0.39, 0.29) is 17.2 Å². The van der Waals surface area contributed by atoms with E-state index in [1.807, 2.05) is 0 Å². The molecule has 0 saturated carbocycles. The van der Waals surface area contributed by atoms with Crippen molar-refractivity contribution in [3.05, 3.63) is 34.9 Å². The summed E-state index contributed by atoms with van der Waals surface area (Å²) in [7, 11) is 0. The van der Waals surface area contributed by atoms with Crippen LogP contribution in [0.15, 0.2) is 12.1 Å². The molecule has 1 aromatic carbocycles. The number of carbonyl (C=O) groups excluding carboxylic acids is 1. The number of nitrogens with zero attached hydrogens (tertiary/aromatic N) is 1. The van der Waals surface area contributed by atoms with E-state index >= 15 is 0 Å². The third-order valence-corrected chi connectivity index (χ3v) is 2.99. The normalized spacial score (nSPS) is 19.8. The van der Waals surface area contributed by atoms with Crippen molar-refractivity contribution in [1.82, 2.24) is 4.90 Å². The van der Waals surface area contributed by atoms with Gasteiger partial charge in [-0.3, -0.25) is 4.79 Å². The van der Waals surface area contributed by atoms with Crippen LogP contribution < -0.4 is 5.73 Å². The number of likely N-dealkylation sites (tertiary alicyclic amines) is 1. The standard InChI is InChI=1S/C12H14F2N2O/c1-7-4-11(14)9(5-10(7)13)12(17)16-3-2-8(15)6-16/h4-5,8H,2-3,6,15H2,1H3/t8-/m1/s1. The third-order valence-electron chi connectivity index (χ3n) is 2.99. The molecule has 1 atom stereocenters. The van der Waals surface area contributed by atoms with Gasteiger partial charge in [-0.1, -0.05) is 0 Å². The molecule has 1 amide bonds. The van der Waals surface area contributed by atoms with E-state index in [9.17, 15) is 13.6 Å². The first-order valence-electron chi connectivity index (χ1n) is 5.49. The summed E-state index contributed by atoms with van der Waals surface area (Å²) >= 11 is 0. The van der Waals surface area contributed by atoms with E-state index in [1.54, 1.807) is 0 Å². The molecule has 17 heavy (non-hydrogen) atoms. The van der Waals surface area contributed by atoms with Crippen LogP contribution in [0.5, 0.6) is 0 Å². The lowest BCUT2D eigenvalue weighted by molar-refractivity contribution is 0.0785. The van der Waals surface area contributed by atoms with Crippen molar-refractivity contribution in [3.63, 3.8) is 0 Å². The van der Waals surface area contributed by atoms with Gasteiger partial charge in [0.1, 0.15) is 11.6 Å². The summed E-state index contributed by atoms with van der Waals surface area (Å²) in [4.78, 5) is 13.4. The lowest BCUT2D eigenvalue weighted by Crippen LogP contribution is -2.32. The van der Waals surface area contributed by atoms with Crippen LogP contribution in [-0.4, -0.2) is 29.9 Å². The highest BCUT2D eigenvalue weighted by Gasteiger charge is 2.26. The minimum atomic E-state index is -0.686. The number of benzene rings is 1. The second kappa shape index (κ2) is 4.41. The Hall–Kier alpha value is -1.49. The van der Waals surface area contributed by atoms with Crippen molar-refractivity contribution < 1.29 is 13.6 Å². The molecular weight excluding hydrogens is 226 g/mol. The van der Waals surface area contributed by atoms with Crippen LogP contribution in [0.4, 0.5) is 8.78 Å². The molecule has 3 nitrogen and oxygen atoms in total. The van der Waals surface area contributed by atoms with Gasteiger partial charge in [0.25, 0.3) is 5.91 Å². The number of rotatable bonds is 1. The van der Waals surface area contributed by atoms with Gasteiger partial charge in [0, 0.05) is 19.1 Å². The average molecular weight is 240 g/mol. The van der Waals surface area contributed by atoms with Gasteiger partial charge in [0.15, 0.2) is 0 Å². The van der Waals surface area contributed by atoms with Crippen LogP contribution in [0.3, 0.4) is 0 Å². The summed E-state index contributed by atoms with van der Waals surface area (Å²) in [6, 6.07) is 1.92. The smallest absolute Gasteiger partial charge is 0.256 e. The van der Waals surface area contributed by atoms with Crippen LogP contribution in [0.1, 0.15) is 22.3 Å². The summed E-state index contributed by atoms with van der Waals surface area (Å²) in [5.74, 6) is -1.75. The topological polar surface area (TPSA) is 46.3 Å². The van der Waals surface area contributed by atoms with Crippen LogP contribution in [0.2, 0.25) is 0 Å². The fraction of sp³-hybridized carbons (Fsp3) is 0.417. The van der Waals surface area contributed by atoms with Crippen molar-refractivity contribution >= 4 is 5.91 Å². The first kappa shape index (κ1) is 12.0. The molecule has 2 rings (SSSR count). The predicted molar refractivity (Wildman–Crippen MR) is 59.6 cm³/mol. The molecule has 1 saturated heterocycles. The maximum atomic E-state index is 13.6. The zero-order valence-electron chi connectivity index (χ0n) is 9.54. The van der Waals surface area contributed by atoms with Gasteiger partial charge in [0.05, 0.1) is 5.56 Å². The maximum Gasteiger partial charge on any atom is 0.256 e. The number of nitrogens with two attached hydrogens (primary N) is 1. The van der Waals surface area contributed by atoms with E-state index in [4.69, 9.17) is 5.73 Å². The van der Waals surface area contributed by atoms with Crippen molar-refractivity contribution in [2.45, 2.75) is 19.4 Å². The van der Waals surface area contributed by atoms with Gasteiger partial charge in [-0.05, 0) is 31.0 Å². The Balaban J connectivity index is 2.28. The fourth-order valence-electron chi connectivity index (χ4n) is 1.95. The van der Waals surface area contributed by atoms with E-state index in [0.717, 1.165) is 12.1 Å². The Bertz CT molecular complexity index is 462. The molecule has 1 aromatic rings. The number of amides is 1. The first-order valence-corrected chi connectivity index (χ1v) is 5.49. The average Bonchev–Trinajstić information content (AvgIpc) is 2.69. The van der Waals surface area contributed by atoms with Crippen LogP contribution in [0.25, 0.3) is 0 Å². The van der Waals surface area contributed by atoms with Crippen molar-refractivity contribution in [1.29, 1.82) is 0 Å². The zero-order chi connectivity index (χ0) is 12.6. The maximum absolute atomic E-state index is 13.6. The minimum Gasteiger partial charge on any atom is -0.337 e. The molecule has 1 fully saturated rings. The van der Waals surface area contributed by atoms with Crippen LogP contribution in [0, 0.1) is 18.6 Å². The van der Waals surface area contributed by atoms with Crippen molar-refractivity contribution in [2.75, 3.05) is 13.1 Å². The molecule has 0 bridgehead atoms. The molecular formula is C12H14F2N2O. The molecule has 0 spiro atoms. The van der Waals surface area contributed by atoms with E-state index in [1.165, 1.54) is 11.8 Å². The van der Waals surface area contributed by atoms with Crippen LogP contribution >= 0.6 is 0 Å². The Morgan fingerprint density at radius 2 is 2.12 bits per heavy atom. The summed E-state index contributed by atoms with van der Waals surface area (Å²) in [6.45, 7) is 2.35. The van der Waals surface area contributed by atoms with Gasteiger partial charge in [-0.25, -0.2) is 8.78 Å². The summed E-state index contributed by atoms with van der Waals surface area (Å²) in [5, 5.41) is 0. The molecule has 0 radical (unpaired) electrons. The fourth-order valence-corrected chi connectivity index (χ4v) is 1.95. The van der Waals surface area contributed by atoms with E-state index < -0.39 is 17.5 Å². The summed E-state index contributed by atoms with van der Waals surface area (Å²) in [6.07, 6.45) is 0.696. The Kier molecular flexibility index (Phi) is 3.11. The summed E-state index contributed by atoms with van der Waals surface area (Å²) in [5.41, 5.74) is 5.64. The highest BCUT2D eigenvalue weighted by atomic mass is 19.1. The molecule has 0 unspecified atom stereocenters. The van der Waals surface area contributed by atoms with Gasteiger partial charge < -0.3 is 10.6 Å². The molecule has 92 valence electrons. The molecule has 5 heteroatoms. The van der Waals surface area contributed by atoms with E-state index in [0.29, 0.717) is 19.5 Å². The number of hydrogen-bond donors (Lipinski definition) is 1. The second-order valence-electron chi connectivity index (χ2n) is 4.38. The molecule has 1 aliphatic heterocycles.